The molecule has 1 aliphatic rings. The number of fused-ring (bicyclic) bond motifs is 3. The van der Waals surface area contributed by atoms with E-state index in [0.717, 1.165) is 23.8 Å². The van der Waals surface area contributed by atoms with E-state index in [0.29, 0.717) is 0 Å². The van der Waals surface area contributed by atoms with Crippen LogP contribution in [-0.2, 0) is 0 Å². The third-order valence-corrected chi connectivity index (χ3v) is 3.67. The fourth-order valence-electron chi connectivity index (χ4n) is 1.94. The molecule has 1 aromatic heterocycles. The van der Waals surface area contributed by atoms with Crippen LogP contribution in [0.5, 0.6) is 0 Å². The fourth-order valence-corrected chi connectivity index (χ4v) is 2.81. The standard InChI is InChI=1S/C12H9IO/c13-9-5-3-7-11-12(9)8-4-1-2-6-10(8)14-11/h1-2,4,6-7H,3,5H2. The summed E-state index contributed by atoms with van der Waals surface area (Å²) >= 11 is 2.43. The van der Waals surface area contributed by atoms with Gasteiger partial charge in [-0.15, -0.1) is 0 Å². The van der Waals surface area contributed by atoms with Crippen molar-refractivity contribution < 1.29 is 4.42 Å². The molecule has 0 bridgehead atoms. The van der Waals surface area contributed by atoms with Crippen LogP contribution in [0.2, 0.25) is 0 Å². The number of hydrogen-bond donors (Lipinski definition) is 0. The highest BCUT2D eigenvalue weighted by molar-refractivity contribution is 14.1. The largest absolute Gasteiger partial charge is 0.456 e. The van der Waals surface area contributed by atoms with Crippen LogP contribution in [-0.4, -0.2) is 0 Å². The maximum Gasteiger partial charge on any atom is 0.135 e. The first-order valence-corrected chi connectivity index (χ1v) is 5.80. The van der Waals surface area contributed by atoms with Crippen molar-refractivity contribution in [1.82, 2.24) is 0 Å². The molecule has 0 N–H and O–H groups in total. The second-order valence-electron chi connectivity index (χ2n) is 3.49. The van der Waals surface area contributed by atoms with Gasteiger partial charge in [0.2, 0.25) is 0 Å². The first-order chi connectivity index (χ1) is 6.86. The minimum atomic E-state index is 1.00. The van der Waals surface area contributed by atoms with Crippen molar-refractivity contribution in [2.24, 2.45) is 0 Å². The van der Waals surface area contributed by atoms with Crippen molar-refractivity contribution >= 4 is 43.2 Å². The zero-order valence-electron chi connectivity index (χ0n) is 7.59. The molecule has 3 rings (SSSR count). The van der Waals surface area contributed by atoms with Crippen LogP contribution in [0.1, 0.15) is 12.8 Å². The second-order valence-corrected chi connectivity index (χ2v) is 4.79. The van der Waals surface area contributed by atoms with E-state index in [1.165, 1.54) is 14.2 Å². The summed E-state index contributed by atoms with van der Waals surface area (Å²) in [5.41, 5.74) is 2.06. The van der Waals surface area contributed by atoms with E-state index in [4.69, 9.17) is 4.42 Å². The van der Waals surface area contributed by atoms with Gasteiger partial charge in [-0.1, -0.05) is 18.2 Å². The fraction of sp³-hybridized carbons (Fsp3) is 0.167. The molecule has 70 valence electrons. The zero-order chi connectivity index (χ0) is 9.54. The predicted octanol–water partition coefficient (Wildman–Crippen LogP) is 2.55. The highest BCUT2D eigenvalue weighted by Crippen LogP contribution is 2.18. The van der Waals surface area contributed by atoms with Crippen LogP contribution >= 0.6 is 22.6 Å². The maximum absolute atomic E-state index is 5.78. The van der Waals surface area contributed by atoms with Crippen molar-refractivity contribution in [3.8, 4) is 0 Å². The lowest BCUT2D eigenvalue weighted by Crippen LogP contribution is -2.24. The topological polar surface area (TPSA) is 13.1 Å². The van der Waals surface area contributed by atoms with Crippen LogP contribution < -0.4 is 10.6 Å². The molecule has 14 heavy (non-hydrogen) atoms. The molecule has 1 aliphatic carbocycles. The maximum atomic E-state index is 5.78. The Balaban J connectivity index is 2.66. The molecule has 0 saturated carbocycles. The highest BCUT2D eigenvalue weighted by atomic mass is 127. The Hall–Kier alpha value is -0.770. The Morgan fingerprint density at radius 2 is 2.07 bits per heavy atom. The summed E-state index contributed by atoms with van der Waals surface area (Å²) in [4.78, 5) is 0. The molecule has 1 aromatic carbocycles. The van der Waals surface area contributed by atoms with Crippen molar-refractivity contribution in [2.75, 3.05) is 0 Å². The molecule has 0 saturated heterocycles. The Labute approximate surface area is 95.2 Å². The van der Waals surface area contributed by atoms with Gasteiger partial charge in [-0.05, 0) is 47.6 Å². The lowest BCUT2D eigenvalue weighted by Gasteiger charge is -1.98. The molecule has 0 fully saturated rings. The summed E-state index contributed by atoms with van der Waals surface area (Å²) in [6, 6.07) is 8.25. The number of furan rings is 1. The van der Waals surface area contributed by atoms with Gasteiger partial charge >= 0.3 is 0 Å². The van der Waals surface area contributed by atoms with Crippen LogP contribution in [0.3, 0.4) is 0 Å². The van der Waals surface area contributed by atoms with Gasteiger partial charge in [0.15, 0.2) is 0 Å². The van der Waals surface area contributed by atoms with E-state index < -0.39 is 0 Å². The van der Waals surface area contributed by atoms with Gasteiger partial charge in [-0.2, -0.15) is 0 Å². The van der Waals surface area contributed by atoms with E-state index in [-0.39, 0.29) is 0 Å². The molecule has 0 unspecified atom stereocenters. The van der Waals surface area contributed by atoms with Crippen LogP contribution in [0.4, 0.5) is 0 Å². The van der Waals surface area contributed by atoms with E-state index in [1.54, 1.807) is 0 Å². The second kappa shape index (κ2) is 3.12. The summed E-state index contributed by atoms with van der Waals surface area (Å²) < 4.78 is 7.20. The van der Waals surface area contributed by atoms with Crippen LogP contribution in [0.15, 0.2) is 28.7 Å². The normalized spacial score (nSPS) is 15.4. The zero-order valence-corrected chi connectivity index (χ0v) is 9.74. The molecular weight excluding hydrogens is 287 g/mol. The first-order valence-electron chi connectivity index (χ1n) is 4.73. The number of rotatable bonds is 0. The third-order valence-electron chi connectivity index (χ3n) is 2.59. The van der Waals surface area contributed by atoms with Crippen molar-refractivity contribution in [3.05, 3.63) is 34.9 Å². The molecule has 0 spiro atoms. The van der Waals surface area contributed by atoms with Crippen molar-refractivity contribution in [3.63, 3.8) is 0 Å². The third kappa shape index (κ3) is 1.13. The van der Waals surface area contributed by atoms with Gasteiger partial charge in [-0.25, -0.2) is 0 Å². The van der Waals surface area contributed by atoms with Gasteiger partial charge in [-0.3, -0.25) is 0 Å². The predicted molar refractivity (Wildman–Crippen MR) is 66.6 cm³/mol. The van der Waals surface area contributed by atoms with E-state index in [1.807, 2.05) is 12.1 Å². The Morgan fingerprint density at radius 1 is 1.21 bits per heavy atom. The summed E-state index contributed by atoms with van der Waals surface area (Å²) in [6.45, 7) is 0. The van der Waals surface area contributed by atoms with Crippen molar-refractivity contribution in [2.45, 2.75) is 12.8 Å². The number of benzene rings is 1. The van der Waals surface area contributed by atoms with Gasteiger partial charge in [0.1, 0.15) is 11.0 Å². The van der Waals surface area contributed by atoms with E-state index in [2.05, 4.69) is 40.8 Å². The molecule has 0 amide bonds. The molecule has 2 aromatic rings. The molecule has 0 atom stereocenters. The van der Waals surface area contributed by atoms with Gasteiger partial charge in [0.05, 0.1) is 0 Å². The Bertz CT molecular complexity index is 607. The molecule has 0 radical (unpaired) electrons. The minimum Gasteiger partial charge on any atom is -0.456 e. The average molecular weight is 296 g/mol. The first kappa shape index (κ1) is 8.53. The summed E-state index contributed by atoms with van der Waals surface area (Å²) in [7, 11) is 0. The lowest BCUT2D eigenvalue weighted by molar-refractivity contribution is 0.571. The van der Waals surface area contributed by atoms with Crippen molar-refractivity contribution in [1.29, 1.82) is 0 Å². The summed E-state index contributed by atoms with van der Waals surface area (Å²) in [5, 5.41) is 2.57. The van der Waals surface area contributed by atoms with E-state index in [9.17, 15) is 0 Å². The number of halogens is 1. The van der Waals surface area contributed by atoms with Gasteiger partial charge < -0.3 is 4.42 Å². The summed E-state index contributed by atoms with van der Waals surface area (Å²) in [6.07, 6.45) is 4.44. The molecule has 0 aliphatic heterocycles. The molecule has 1 heterocycles. The molecular formula is C12H9IO. The Morgan fingerprint density at radius 3 is 3.00 bits per heavy atom. The lowest BCUT2D eigenvalue weighted by atomic mass is 10.1. The average Bonchev–Trinajstić information content (AvgIpc) is 2.57. The van der Waals surface area contributed by atoms with Crippen LogP contribution in [0, 0.1) is 0 Å². The molecule has 1 nitrogen and oxygen atoms in total. The monoisotopic (exact) mass is 296 g/mol. The van der Waals surface area contributed by atoms with Gasteiger partial charge in [0, 0.05) is 14.2 Å². The molecule has 2 heteroatoms. The quantitative estimate of drug-likeness (QED) is 0.681. The smallest absolute Gasteiger partial charge is 0.135 e. The van der Waals surface area contributed by atoms with E-state index >= 15 is 0 Å². The number of hydrogen-bond acceptors (Lipinski definition) is 1. The highest BCUT2D eigenvalue weighted by Gasteiger charge is 2.08. The Kier molecular flexibility index (Phi) is 1.90. The minimum absolute atomic E-state index is 1.00. The van der Waals surface area contributed by atoms with Crippen LogP contribution in [0.25, 0.3) is 20.6 Å². The summed E-state index contributed by atoms with van der Waals surface area (Å²) in [5.74, 6) is 0. The SMILES string of the molecule is IC1=c2c(oc3ccccc23)=CCC1. The van der Waals surface area contributed by atoms with Gasteiger partial charge in [0.25, 0.3) is 0 Å². The number of para-hydroxylation sites is 1.